The number of aryl methyl sites for hydroxylation is 1. The van der Waals surface area contributed by atoms with Crippen molar-refractivity contribution in [2.45, 2.75) is 32.4 Å². The quantitative estimate of drug-likeness (QED) is 0.563. The standard InChI is InChI=1S/C22H23N3O5/c1-14-8-7-11-17(12-14)23-19(27)15(2)30-18(26)13-25-20(28)22(3,24-21(25)29)16-9-5-4-6-10-16/h4-12,15H,13H2,1-3H3,(H,23,27)(H,24,29)/t15-,22+/m0/s1. The summed E-state index contributed by atoms with van der Waals surface area (Å²) in [6, 6.07) is 15.2. The van der Waals surface area contributed by atoms with Gasteiger partial charge in [-0.25, -0.2) is 4.79 Å². The number of esters is 1. The number of rotatable bonds is 6. The first kappa shape index (κ1) is 21.0. The van der Waals surface area contributed by atoms with Gasteiger partial charge in [0.05, 0.1) is 0 Å². The highest BCUT2D eigenvalue weighted by molar-refractivity contribution is 6.09. The number of imide groups is 1. The van der Waals surface area contributed by atoms with E-state index in [1.54, 1.807) is 55.5 Å². The molecule has 0 spiro atoms. The number of hydrogen-bond acceptors (Lipinski definition) is 5. The number of nitrogens with one attached hydrogen (secondary N) is 2. The van der Waals surface area contributed by atoms with Crippen LogP contribution in [0.4, 0.5) is 10.5 Å². The molecule has 156 valence electrons. The van der Waals surface area contributed by atoms with Gasteiger partial charge >= 0.3 is 12.0 Å². The van der Waals surface area contributed by atoms with Crippen molar-refractivity contribution in [1.82, 2.24) is 10.2 Å². The lowest BCUT2D eigenvalue weighted by molar-refractivity contribution is -0.155. The molecule has 1 aliphatic rings. The Bertz CT molecular complexity index is 991. The van der Waals surface area contributed by atoms with E-state index < -0.39 is 42.0 Å². The van der Waals surface area contributed by atoms with Gasteiger partial charge in [0, 0.05) is 5.69 Å². The third kappa shape index (κ3) is 4.32. The Morgan fingerprint density at radius 1 is 1.13 bits per heavy atom. The number of urea groups is 1. The molecule has 1 saturated heterocycles. The fourth-order valence-corrected chi connectivity index (χ4v) is 3.19. The van der Waals surface area contributed by atoms with E-state index in [2.05, 4.69) is 10.6 Å². The van der Waals surface area contributed by atoms with E-state index in [0.717, 1.165) is 10.5 Å². The molecule has 1 heterocycles. The largest absolute Gasteiger partial charge is 0.451 e. The van der Waals surface area contributed by atoms with Crippen molar-refractivity contribution < 1.29 is 23.9 Å². The van der Waals surface area contributed by atoms with Crippen molar-refractivity contribution in [2.24, 2.45) is 0 Å². The maximum atomic E-state index is 12.8. The summed E-state index contributed by atoms with van der Waals surface area (Å²) in [7, 11) is 0. The summed E-state index contributed by atoms with van der Waals surface area (Å²) in [4.78, 5) is 50.5. The van der Waals surface area contributed by atoms with Crippen LogP contribution in [-0.4, -0.2) is 41.4 Å². The van der Waals surface area contributed by atoms with Crippen LogP contribution in [0.25, 0.3) is 0 Å². The molecular weight excluding hydrogens is 386 g/mol. The predicted molar refractivity (Wildman–Crippen MR) is 109 cm³/mol. The molecule has 2 aromatic rings. The van der Waals surface area contributed by atoms with E-state index in [4.69, 9.17) is 4.74 Å². The van der Waals surface area contributed by atoms with Crippen LogP contribution in [0.1, 0.15) is 25.0 Å². The Morgan fingerprint density at radius 2 is 1.83 bits per heavy atom. The number of benzene rings is 2. The normalized spacial score (nSPS) is 19.2. The molecule has 30 heavy (non-hydrogen) atoms. The first-order valence-electron chi connectivity index (χ1n) is 9.47. The summed E-state index contributed by atoms with van der Waals surface area (Å²) in [6.07, 6.45) is -1.10. The van der Waals surface area contributed by atoms with Gasteiger partial charge in [0.1, 0.15) is 12.1 Å². The van der Waals surface area contributed by atoms with E-state index in [-0.39, 0.29) is 0 Å². The molecule has 2 atom stereocenters. The van der Waals surface area contributed by atoms with Crippen LogP contribution >= 0.6 is 0 Å². The fourth-order valence-electron chi connectivity index (χ4n) is 3.19. The number of amides is 4. The second-order valence-electron chi connectivity index (χ2n) is 7.30. The van der Waals surface area contributed by atoms with E-state index in [9.17, 15) is 19.2 Å². The minimum Gasteiger partial charge on any atom is -0.451 e. The highest BCUT2D eigenvalue weighted by atomic mass is 16.5. The van der Waals surface area contributed by atoms with Gasteiger partial charge in [-0.05, 0) is 44.0 Å². The summed E-state index contributed by atoms with van der Waals surface area (Å²) < 4.78 is 5.12. The lowest BCUT2D eigenvalue weighted by Gasteiger charge is -2.22. The zero-order valence-electron chi connectivity index (χ0n) is 17.0. The Morgan fingerprint density at radius 3 is 2.50 bits per heavy atom. The van der Waals surface area contributed by atoms with Crippen LogP contribution in [0, 0.1) is 6.92 Å². The maximum absolute atomic E-state index is 12.8. The Kier molecular flexibility index (Phi) is 5.86. The third-order valence-electron chi connectivity index (χ3n) is 4.88. The zero-order chi connectivity index (χ0) is 21.9. The van der Waals surface area contributed by atoms with Gasteiger partial charge < -0.3 is 15.4 Å². The van der Waals surface area contributed by atoms with Crippen molar-refractivity contribution in [3.63, 3.8) is 0 Å². The number of nitrogens with zero attached hydrogens (tertiary/aromatic N) is 1. The molecule has 1 aliphatic heterocycles. The average Bonchev–Trinajstić information content (AvgIpc) is 2.92. The highest BCUT2D eigenvalue weighted by Crippen LogP contribution is 2.28. The van der Waals surface area contributed by atoms with Crippen LogP contribution in [0.5, 0.6) is 0 Å². The second kappa shape index (κ2) is 8.36. The first-order valence-corrected chi connectivity index (χ1v) is 9.47. The van der Waals surface area contributed by atoms with Crippen molar-refractivity contribution in [2.75, 3.05) is 11.9 Å². The Labute approximate surface area is 174 Å². The first-order chi connectivity index (χ1) is 14.2. The van der Waals surface area contributed by atoms with Gasteiger partial charge in [-0.3, -0.25) is 19.3 Å². The van der Waals surface area contributed by atoms with Gasteiger partial charge in [0.2, 0.25) is 0 Å². The van der Waals surface area contributed by atoms with E-state index >= 15 is 0 Å². The minimum atomic E-state index is -1.27. The molecule has 1 fully saturated rings. The summed E-state index contributed by atoms with van der Waals surface area (Å²) in [5.41, 5.74) is 0.880. The molecule has 0 aromatic heterocycles. The highest BCUT2D eigenvalue weighted by Gasteiger charge is 2.49. The number of hydrogen-bond donors (Lipinski definition) is 2. The van der Waals surface area contributed by atoms with Gasteiger partial charge in [0.25, 0.3) is 11.8 Å². The number of carbonyl (C=O) groups is 4. The molecule has 0 bridgehead atoms. The molecule has 0 aliphatic carbocycles. The smallest absolute Gasteiger partial charge is 0.327 e. The van der Waals surface area contributed by atoms with Crippen LogP contribution < -0.4 is 10.6 Å². The van der Waals surface area contributed by atoms with E-state index in [1.165, 1.54) is 6.92 Å². The lowest BCUT2D eigenvalue weighted by Crippen LogP contribution is -2.42. The summed E-state index contributed by atoms with van der Waals surface area (Å²) in [5, 5.41) is 5.27. The molecule has 4 amide bonds. The Balaban J connectivity index is 1.61. The maximum Gasteiger partial charge on any atom is 0.327 e. The van der Waals surface area contributed by atoms with Crippen molar-refractivity contribution in [3.05, 3.63) is 65.7 Å². The summed E-state index contributed by atoms with van der Waals surface area (Å²) in [5.74, 6) is -1.93. The third-order valence-corrected chi connectivity index (χ3v) is 4.88. The Hall–Kier alpha value is -3.68. The van der Waals surface area contributed by atoms with Gasteiger partial charge in [-0.2, -0.15) is 0 Å². The van der Waals surface area contributed by atoms with Gasteiger partial charge in [-0.1, -0.05) is 42.5 Å². The van der Waals surface area contributed by atoms with Crippen LogP contribution in [0.2, 0.25) is 0 Å². The minimum absolute atomic E-state index is 0.514. The van der Waals surface area contributed by atoms with Crippen molar-refractivity contribution in [3.8, 4) is 0 Å². The predicted octanol–water partition coefficient (Wildman–Crippen LogP) is 2.33. The molecule has 0 unspecified atom stereocenters. The zero-order valence-corrected chi connectivity index (χ0v) is 17.0. The van der Waals surface area contributed by atoms with E-state index in [1.807, 2.05) is 13.0 Å². The topological polar surface area (TPSA) is 105 Å². The van der Waals surface area contributed by atoms with Gasteiger partial charge in [0.15, 0.2) is 6.10 Å². The summed E-state index contributed by atoms with van der Waals surface area (Å²) in [6.45, 7) is 4.30. The number of anilines is 1. The fraction of sp³-hybridized carbons (Fsp3) is 0.273. The van der Waals surface area contributed by atoms with Crippen LogP contribution in [-0.2, 0) is 24.7 Å². The molecular formula is C22H23N3O5. The molecule has 0 saturated carbocycles. The monoisotopic (exact) mass is 409 g/mol. The molecule has 8 nitrogen and oxygen atoms in total. The second-order valence-corrected chi connectivity index (χ2v) is 7.30. The molecule has 0 radical (unpaired) electrons. The summed E-state index contributed by atoms with van der Waals surface area (Å²) >= 11 is 0. The van der Waals surface area contributed by atoms with Crippen LogP contribution in [0.3, 0.4) is 0 Å². The number of carbonyl (C=O) groups excluding carboxylic acids is 4. The lowest BCUT2D eigenvalue weighted by atomic mass is 9.92. The molecule has 8 heteroatoms. The average molecular weight is 409 g/mol. The van der Waals surface area contributed by atoms with Crippen molar-refractivity contribution in [1.29, 1.82) is 0 Å². The van der Waals surface area contributed by atoms with E-state index in [0.29, 0.717) is 11.3 Å². The molecule has 3 rings (SSSR count). The SMILES string of the molecule is Cc1cccc(NC(=O)[C@H](C)OC(=O)CN2C(=O)N[C@](C)(c3ccccc3)C2=O)c1. The molecule has 2 N–H and O–H groups in total. The van der Waals surface area contributed by atoms with Gasteiger partial charge in [-0.15, -0.1) is 0 Å². The number of ether oxygens (including phenoxy) is 1. The van der Waals surface area contributed by atoms with Crippen LogP contribution in [0.15, 0.2) is 54.6 Å². The molecule has 2 aromatic carbocycles. The van der Waals surface area contributed by atoms with Crippen molar-refractivity contribution >= 4 is 29.5 Å².